The maximum atomic E-state index is 12.2. The predicted octanol–water partition coefficient (Wildman–Crippen LogP) is 1.44. The summed E-state index contributed by atoms with van der Waals surface area (Å²) in [5.74, 6) is -0.0859. The Morgan fingerprint density at radius 1 is 1.38 bits per heavy atom. The molecule has 0 spiro atoms. The summed E-state index contributed by atoms with van der Waals surface area (Å²) in [5.41, 5.74) is 0.608. The molecule has 2 atom stereocenters. The van der Waals surface area contributed by atoms with Crippen molar-refractivity contribution >= 4 is 11.8 Å². The third-order valence-corrected chi connectivity index (χ3v) is 3.49. The number of carbonyl (C=O) groups is 2. The molecule has 0 radical (unpaired) electrons. The molecule has 1 aromatic rings. The van der Waals surface area contributed by atoms with E-state index in [0.29, 0.717) is 31.7 Å². The van der Waals surface area contributed by atoms with Crippen molar-refractivity contribution in [2.24, 2.45) is 0 Å². The minimum atomic E-state index is -0.191. The summed E-state index contributed by atoms with van der Waals surface area (Å²) in [6.07, 6.45) is 0.391. The SMILES string of the molecule is C[C@H](CC(=O)N1CCO[C@H](C)C1)NC(=O)c1ccccc1. The molecule has 1 aliphatic heterocycles. The summed E-state index contributed by atoms with van der Waals surface area (Å²) in [5, 5.41) is 2.86. The van der Waals surface area contributed by atoms with Gasteiger partial charge in [0.15, 0.2) is 0 Å². The quantitative estimate of drug-likeness (QED) is 0.913. The zero-order chi connectivity index (χ0) is 15.2. The van der Waals surface area contributed by atoms with E-state index in [1.165, 1.54) is 0 Å². The topological polar surface area (TPSA) is 58.6 Å². The lowest BCUT2D eigenvalue weighted by Crippen LogP contribution is -2.46. The van der Waals surface area contributed by atoms with Crippen molar-refractivity contribution in [1.29, 1.82) is 0 Å². The molecule has 114 valence electrons. The van der Waals surface area contributed by atoms with Gasteiger partial charge in [-0.1, -0.05) is 18.2 Å². The lowest BCUT2D eigenvalue weighted by atomic mass is 10.1. The Morgan fingerprint density at radius 2 is 2.10 bits per heavy atom. The Labute approximate surface area is 125 Å². The number of carbonyl (C=O) groups excluding carboxylic acids is 2. The molecule has 2 rings (SSSR count). The van der Waals surface area contributed by atoms with Gasteiger partial charge in [-0.05, 0) is 26.0 Å². The van der Waals surface area contributed by atoms with Gasteiger partial charge in [-0.2, -0.15) is 0 Å². The Balaban J connectivity index is 1.82. The van der Waals surface area contributed by atoms with Crippen molar-refractivity contribution in [2.45, 2.75) is 32.4 Å². The van der Waals surface area contributed by atoms with E-state index in [1.54, 1.807) is 17.0 Å². The number of ether oxygens (including phenoxy) is 1. The molecule has 2 amide bonds. The number of benzene rings is 1. The molecule has 1 fully saturated rings. The van der Waals surface area contributed by atoms with Crippen LogP contribution in [0.2, 0.25) is 0 Å². The molecule has 1 aromatic carbocycles. The average molecular weight is 290 g/mol. The van der Waals surface area contributed by atoms with Crippen LogP contribution >= 0.6 is 0 Å². The minimum Gasteiger partial charge on any atom is -0.375 e. The number of amides is 2. The molecule has 0 aromatic heterocycles. The lowest BCUT2D eigenvalue weighted by molar-refractivity contribution is -0.138. The summed E-state index contributed by atoms with van der Waals surface area (Å²) >= 11 is 0. The molecule has 0 bridgehead atoms. The first kappa shape index (κ1) is 15.5. The first-order valence-corrected chi connectivity index (χ1v) is 7.31. The van der Waals surface area contributed by atoms with Crippen molar-refractivity contribution in [3.8, 4) is 0 Å². The molecular weight excluding hydrogens is 268 g/mol. The van der Waals surface area contributed by atoms with E-state index in [0.717, 1.165) is 0 Å². The Hall–Kier alpha value is -1.88. The van der Waals surface area contributed by atoms with E-state index in [2.05, 4.69) is 5.32 Å². The van der Waals surface area contributed by atoms with Gasteiger partial charge in [-0.3, -0.25) is 9.59 Å². The summed E-state index contributed by atoms with van der Waals surface area (Å²) in [7, 11) is 0. The highest BCUT2D eigenvalue weighted by molar-refractivity contribution is 5.94. The highest BCUT2D eigenvalue weighted by atomic mass is 16.5. The van der Waals surface area contributed by atoms with Crippen molar-refractivity contribution in [3.63, 3.8) is 0 Å². The number of rotatable bonds is 4. The summed E-state index contributed by atoms with van der Waals surface area (Å²) in [4.78, 5) is 26.0. The van der Waals surface area contributed by atoms with Crippen LogP contribution in [0.4, 0.5) is 0 Å². The van der Waals surface area contributed by atoms with Gasteiger partial charge >= 0.3 is 0 Å². The van der Waals surface area contributed by atoms with E-state index in [4.69, 9.17) is 4.74 Å². The third-order valence-electron chi connectivity index (χ3n) is 3.49. The standard InChI is InChI=1S/C16H22N2O3/c1-12(17-16(20)14-6-4-3-5-7-14)10-15(19)18-8-9-21-13(2)11-18/h3-7,12-13H,8-11H2,1-2H3,(H,17,20)/t12-,13-/m1/s1. The predicted molar refractivity (Wildman–Crippen MR) is 80.0 cm³/mol. The fourth-order valence-electron chi connectivity index (χ4n) is 2.38. The normalized spacial score (nSPS) is 19.9. The molecule has 21 heavy (non-hydrogen) atoms. The molecule has 0 saturated carbocycles. The number of hydrogen-bond acceptors (Lipinski definition) is 3. The highest BCUT2D eigenvalue weighted by Crippen LogP contribution is 2.08. The van der Waals surface area contributed by atoms with Gasteiger partial charge in [0.2, 0.25) is 5.91 Å². The van der Waals surface area contributed by atoms with Gasteiger partial charge in [-0.15, -0.1) is 0 Å². The van der Waals surface area contributed by atoms with Crippen molar-refractivity contribution < 1.29 is 14.3 Å². The fourth-order valence-corrected chi connectivity index (χ4v) is 2.38. The van der Waals surface area contributed by atoms with Crippen LogP contribution in [0.1, 0.15) is 30.6 Å². The number of morpholine rings is 1. The Morgan fingerprint density at radius 3 is 2.76 bits per heavy atom. The lowest BCUT2D eigenvalue weighted by Gasteiger charge is -2.32. The van der Waals surface area contributed by atoms with Crippen LogP contribution < -0.4 is 5.32 Å². The molecule has 1 aliphatic rings. The smallest absolute Gasteiger partial charge is 0.251 e. The molecule has 1 saturated heterocycles. The van der Waals surface area contributed by atoms with Crippen molar-refractivity contribution in [3.05, 3.63) is 35.9 Å². The van der Waals surface area contributed by atoms with E-state index < -0.39 is 0 Å². The van der Waals surface area contributed by atoms with Gasteiger partial charge < -0.3 is 15.0 Å². The number of nitrogens with one attached hydrogen (secondary N) is 1. The van der Waals surface area contributed by atoms with Gasteiger partial charge in [0, 0.05) is 31.1 Å². The van der Waals surface area contributed by atoms with Crippen molar-refractivity contribution in [1.82, 2.24) is 10.2 Å². The summed E-state index contributed by atoms with van der Waals surface area (Å²) < 4.78 is 5.42. The maximum Gasteiger partial charge on any atom is 0.251 e. The average Bonchev–Trinajstić information content (AvgIpc) is 2.48. The monoisotopic (exact) mass is 290 g/mol. The third kappa shape index (κ3) is 4.56. The van der Waals surface area contributed by atoms with Crippen LogP contribution in [-0.4, -0.2) is 48.6 Å². The van der Waals surface area contributed by atoms with Crippen LogP contribution in [0, 0.1) is 0 Å². The molecule has 1 N–H and O–H groups in total. The van der Waals surface area contributed by atoms with Crippen molar-refractivity contribution in [2.75, 3.05) is 19.7 Å². The van der Waals surface area contributed by atoms with E-state index in [1.807, 2.05) is 32.0 Å². The molecule has 0 aliphatic carbocycles. The van der Waals surface area contributed by atoms with Crippen LogP contribution in [-0.2, 0) is 9.53 Å². The molecule has 5 heteroatoms. The first-order valence-electron chi connectivity index (χ1n) is 7.31. The van der Waals surface area contributed by atoms with E-state index >= 15 is 0 Å². The second-order valence-electron chi connectivity index (χ2n) is 5.47. The molecule has 5 nitrogen and oxygen atoms in total. The minimum absolute atomic E-state index is 0.0611. The first-order chi connectivity index (χ1) is 10.1. The highest BCUT2D eigenvalue weighted by Gasteiger charge is 2.23. The molecule has 1 heterocycles. The maximum absolute atomic E-state index is 12.2. The van der Waals surface area contributed by atoms with Gasteiger partial charge in [0.25, 0.3) is 5.91 Å². The van der Waals surface area contributed by atoms with E-state index in [-0.39, 0.29) is 24.0 Å². The summed E-state index contributed by atoms with van der Waals surface area (Å²) in [6, 6.07) is 8.83. The fraction of sp³-hybridized carbons (Fsp3) is 0.500. The zero-order valence-corrected chi connectivity index (χ0v) is 12.5. The van der Waals surface area contributed by atoms with Crippen LogP contribution in [0.5, 0.6) is 0 Å². The Bertz CT molecular complexity index is 490. The van der Waals surface area contributed by atoms with Crippen LogP contribution in [0.25, 0.3) is 0 Å². The molecule has 0 unspecified atom stereocenters. The second kappa shape index (κ2) is 7.22. The largest absolute Gasteiger partial charge is 0.375 e. The summed E-state index contributed by atoms with van der Waals surface area (Å²) in [6.45, 7) is 5.64. The molecular formula is C16H22N2O3. The second-order valence-corrected chi connectivity index (χ2v) is 5.47. The van der Waals surface area contributed by atoms with Crippen LogP contribution in [0.15, 0.2) is 30.3 Å². The van der Waals surface area contributed by atoms with Crippen LogP contribution in [0.3, 0.4) is 0 Å². The van der Waals surface area contributed by atoms with Gasteiger partial charge in [0.1, 0.15) is 0 Å². The van der Waals surface area contributed by atoms with Gasteiger partial charge in [-0.25, -0.2) is 0 Å². The number of nitrogens with zero attached hydrogens (tertiary/aromatic N) is 1. The Kier molecular flexibility index (Phi) is 5.33. The van der Waals surface area contributed by atoms with Gasteiger partial charge in [0.05, 0.1) is 12.7 Å². The number of hydrogen-bond donors (Lipinski definition) is 1. The van der Waals surface area contributed by atoms with E-state index in [9.17, 15) is 9.59 Å². The zero-order valence-electron chi connectivity index (χ0n) is 12.5.